The highest BCUT2D eigenvalue weighted by Gasteiger charge is 2.01. The monoisotopic (exact) mass is 276 g/mol. The summed E-state index contributed by atoms with van der Waals surface area (Å²) in [7, 11) is 0. The van der Waals surface area contributed by atoms with E-state index in [1.165, 1.54) is 16.3 Å². The molecule has 0 fully saturated rings. The van der Waals surface area contributed by atoms with Crippen LogP contribution in [-0.2, 0) is 6.42 Å². The van der Waals surface area contributed by atoms with Gasteiger partial charge in [-0.1, -0.05) is 42.5 Å². The molecule has 3 aromatic rings. The predicted octanol–water partition coefficient (Wildman–Crippen LogP) is 4.27. The van der Waals surface area contributed by atoms with E-state index in [1.54, 1.807) is 12.1 Å². The number of aldehydes is 1. The van der Waals surface area contributed by atoms with Crippen molar-refractivity contribution in [2.75, 3.05) is 6.61 Å². The SMILES string of the molecule is O=Cc1ccc(OCCc2cccc3ccccc23)cc1. The fraction of sp³-hybridized carbons (Fsp3) is 0.105. The van der Waals surface area contributed by atoms with Crippen molar-refractivity contribution in [2.24, 2.45) is 0 Å². The van der Waals surface area contributed by atoms with Gasteiger partial charge >= 0.3 is 0 Å². The smallest absolute Gasteiger partial charge is 0.150 e. The van der Waals surface area contributed by atoms with Crippen molar-refractivity contribution in [1.29, 1.82) is 0 Å². The Labute approximate surface area is 124 Å². The van der Waals surface area contributed by atoms with Gasteiger partial charge < -0.3 is 4.74 Å². The molecule has 3 rings (SSSR count). The highest BCUT2D eigenvalue weighted by Crippen LogP contribution is 2.19. The summed E-state index contributed by atoms with van der Waals surface area (Å²) in [5.74, 6) is 0.792. The number of carbonyl (C=O) groups is 1. The highest BCUT2D eigenvalue weighted by atomic mass is 16.5. The molecule has 0 aliphatic carbocycles. The topological polar surface area (TPSA) is 26.3 Å². The summed E-state index contributed by atoms with van der Waals surface area (Å²) in [5, 5.41) is 2.53. The molecule has 104 valence electrons. The molecule has 0 radical (unpaired) electrons. The van der Waals surface area contributed by atoms with E-state index < -0.39 is 0 Å². The Hall–Kier alpha value is -2.61. The zero-order valence-corrected chi connectivity index (χ0v) is 11.7. The van der Waals surface area contributed by atoms with E-state index in [9.17, 15) is 4.79 Å². The lowest BCUT2D eigenvalue weighted by atomic mass is 10.0. The van der Waals surface area contributed by atoms with Crippen LogP contribution in [0.5, 0.6) is 5.75 Å². The fourth-order valence-electron chi connectivity index (χ4n) is 2.43. The van der Waals surface area contributed by atoms with Gasteiger partial charge in [0.25, 0.3) is 0 Å². The highest BCUT2D eigenvalue weighted by molar-refractivity contribution is 5.85. The van der Waals surface area contributed by atoms with Gasteiger partial charge in [-0.25, -0.2) is 0 Å². The van der Waals surface area contributed by atoms with Gasteiger partial charge in [0, 0.05) is 12.0 Å². The van der Waals surface area contributed by atoms with Gasteiger partial charge in [-0.15, -0.1) is 0 Å². The van der Waals surface area contributed by atoms with Crippen molar-refractivity contribution in [3.05, 3.63) is 77.9 Å². The first kappa shape index (κ1) is 13.4. The van der Waals surface area contributed by atoms with Crippen LogP contribution in [0.15, 0.2) is 66.7 Å². The molecule has 21 heavy (non-hydrogen) atoms. The minimum absolute atomic E-state index is 0.619. The summed E-state index contributed by atoms with van der Waals surface area (Å²) in [5.41, 5.74) is 1.95. The molecule has 0 aliphatic heterocycles. The Morgan fingerprint density at radius 3 is 2.43 bits per heavy atom. The second-order valence-electron chi connectivity index (χ2n) is 4.92. The second-order valence-corrected chi connectivity index (χ2v) is 4.92. The molecule has 2 nitrogen and oxygen atoms in total. The zero-order valence-electron chi connectivity index (χ0n) is 11.7. The Morgan fingerprint density at radius 1 is 0.857 bits per heavy atom. The van der Waals surface area contributed by atoms with Gasteiger partial charge in [0.1, 0.15) is 12.0 Å². The molecular weight excluding hydrogens is 260 g/mol. The number of hydrogen-bond donors (Lipinski definition) is 0. The van der Waals surface area contributed by atoms with E-state index >= 15 is 0 Å². The fourth-order valence-corrected chi connectivity index (χ4v) is 2.43. The molecule has 2 heteroatoms. The molecular formula is C19H16O2. The maximum absolute atomic E-state index is 10.6. The van der Waals surface area contributed by atoms with Crippen molar-refractivity contribution in [3.63, 3.8) is 0 Å². The average molecular weight is 276 g/mol. The van der Waals surface area contributed by atoms with Gasteiger partial charge in [0.2, 0.25) is 0 Å². The third-order valence-corrected chi connectivity index (χ3v) is 3.54. The third kappa shape index (κ3) is 3.11. The lowest BCUT2D eigenvalue weighted by Crippen LogP contribution is -2.01. The van der Waals surface area contributed by atoms with Crippen LogP contribution in [0.3, 0.4) is 0 Å². The lowest BCUT2D eigenvalue weighted by molar-refractivity contribution is 0.112. The number of fused-ring (bicyclic) bond motifs is 1. The minimum atomic E-state index is 0.619. The van der Waals surface area contributed by atoms with E-state index in [4.69, 9.17) is 4.74 Å². The van der Waals surface area contributed by atoms with E-state index in [2.05, 4.69) is 42.5 Å². The van der Waals surface area contributed by atoms with E-state index in [-0.39, 0.29) is 0 Å². The van der Waals surface area contributed by atoms with Gasteiger partial charge in [-0.2, -0.15) is 0 Å². The molecule has 0 saturated carbocycles. The predicted molar refractivity (Wildman–Crippen MR) is 85.0 cm³/mol. The molecule has 0 heterocycles. The first-order chi connectivity index (χ1) is 10.4. The molecule has 0 aliphatic rings. The third-order valence-electron chi connectivity index (χ3n) is 3.54. The van der Waals surface area contributed by atoms with Gasteiger partial charge in [0.15, 0.2) is 0 Å². The number of carbonyl (C=O) groups excluding carboxylic acids is 1. The largest absolute Gasteiger partial charge is 0.493 e. The second kappa shape index (κ2) is 6.23. The van der Waals surface area contributed by atoms with Gasteiger partial charge in [-0.05, 0) is 40.6 Å². The number of ether oxygens (including phenoxy) is 1. The summed E-state index contributed by atoms with van der Waals surface area (Å²) in [6.07, 6.45) is 1.69. The maximum Gasteiger partial charge on any atom is 0.150 e. The van der Waals surface area contributed by atoms with Crippen molar-refractivity contribution in [3.8, 4) is 5.75 Å². The van der Waals surface area contributed by atoms with Crippen molar-refractivity contribution < 1.29 is 9.53 Å². The summed E-state index contributed by atoms with van der Waals surface area (Å²) < 4.78 is 5.74. The van der Waals surface area contributed by atoms with Crippen LogP contribution in [0.1, 0.15) is 15.9 Å². The summed E-state index contributed by atoms with van der Waals surface area (Å²) >= 11 is 0. The van der Waals surface area contributed by atoms with Crippen LogP contribution < -0.4 is 4.74 Å². The van der Waals surface area contributed by atoms with Crippen LogP contribution in [0.4, 0.5) is 0 Å². The molecule has 0 spiro atoms. The summed E-state index contributed by atoms with van der Waals surface area (Å²) in [6.45, 7) is 0.619. The van der Waals surface area contributed by atoms with E-state index in [1.807, 2.05) is 12.1 Å². The number of benzene rings is 3. The molecule has 0 unspecified atom stereocenters. The standard InChI is InChI=1S/C19H16O2/c20-14-15-8-10-18(11-9-15)21-13-12-17-6-3-5-16-4-1-2-7-19(16)17/h1-11,14H,12-13H2. The first-order valence-electron chi connectivity index (χ1n) is 7.01. The Kier molecular flexibility index (Phi) is 3.97. The van der Waals surface area contributed by atoms with Crippen LogP contribution >= 0.6 is 0 Å². The summed E-state index contributed by atoms with van der Waals surface area (Å²) in [4.78, 5) is 10.6. The van der Waals surface area contributed by atoms with Crippen LogP contribution in [0.25, 0.3) is 10.8 Å². The summed E-state index contributed by atoms with van der Waals surface area (Å²) in [6, 6.07) is 21.9. The molecule has 3 aromatic carbocycles. The molecule has 0 atom stereocenters. The number of hydrogen-bond acceptors (Lipinski definition) is 2. The van der Waals surface area contributed by atoms with Crippen LogP contribution in [0, 0.1) is 0 Å². The Bertz CT molecular complexity index is 740. The minimum Gasteiger partial charge on any atom is -0.493 e. The van der Waals surface area contributed by atoms with Crippen molar-refractivity contribution in [2.45, 2.75) is 6.42 Å². The maximum atomic E-state index is 10.6. The molecule has 0 bridgehead atoms. The Morgan fingerprint density at radius 2 is 1.62 bits per heavy atom. The molecule has 0 saturated heterocycles. The Balaban J connectivity index is 1.67. The van der Waals surface area contributed by atoms with E-state index in [0.717, 1.165) is 18.5 Å². The lowest BCUT2D eigenvalue weighted by Gasteiger charge is -2.08. The van der Waals surface area contributed by atoms with Crippen molar-refractivity contribution in [1.82, 2.24) is 0 Å². The van der Waals surface area contributed by atoms with Crippen LogP contribution in [-0.4, -0.2) is 12.9 Å². The van der Waals surface area contributed by atoms with Crippen LogP contribution in [0.2, 0.25) is 0 Å². The average Bonchev–Trinajstić information content (AvgIpc) is 2.56. The van der Waals surface area contributed by atoms with Crippen molar-refractivity contribution >= 4 is 17.1 Å². The van der Waals surface area contributed by atoms with Gasteiger partial charge in [0.05, 0.1) is 6.61 Å². The molecule has 0 N–H and O–H groups in total. The molecule has 0 amide bonds. The first-order valence-corrected chi connectivity index (χ1v) is 7.01. The normalized spacial score (nSPS) is 10.5. The number of rotatable bonds is 5. The molecule has 0 aromatic heterocycles. The van der Waals surface area contributed by atoms with E-state index in [0.29, 0.717) is 12.2 Å². The van der Waals surface area contributed by atoms with Gasteiger partial charge in [-0.3, -0.25) is 4.79 Å². The quantitative estimate of drug-likeness (QED) is 0.650. The zero-order chi connectivity index (χ0) is 14.5.